The van der Waals surface area contributed by atoms with Crippen LogP contribution in [-0.4, -0.2) is 22.3 Å². The van der Waals surface area contributed by atoms with E-state index in [-0.39, 0.29) is 11.7 Å². The molecule has 1 aromatic carbocycles. The second-order valence-corrected chi connectivity index (χ2v) is 5.62. The maximum absolute atomic E-state index is 12.5. The van der Waals surface area contributed by atoms with Crippen LogP contribution in [0.5, 0.6) is 11.5 Å². The summed E-state index contributed by atoms with van der Waals surface area (Å²) < 4.78 is 43.2. The molecule has 0 fully saturated rings. The minimum Gasteiger partial charge on any atom is -0.456 e. The lowest BCUT2D eigenvalue weighted by Crippen LogP contribution is -2.34. The standard InChI is InChI=1S/C18H15F3N2O2/c1-2-17(24)23-8-7-12-3-4-14(9-13(12)11-23)25-15-5-6-16(22-10-15)18(19,20)21/h2-6,9-10H,1,7-8,11H2. The van der Waals surface area contributed by atoms with Crippen molar-refractivity contribution in [2.75, 3.05) is 6.54 Å². The quantitative estimate of drug-likeness (QED) is 0.789. The van der Waals surface area contributed by atoms with Gasteiger partial charge in [-0.2, -0.15) is 13.2 Å². The fraction of sp³-hybridized carbons (Fsp3) is 0.222. The molecule has 2 heterocycles. The molecule has 1 aromatic heterocycles. The van der Waals surface area contributed by atoms with Crippen molar-refractivity contribution in [2.45, 2.75) is 19.1 Å². The van der Waals surface area contributed by atoms with Crippen LogP contribution in [0.2, 0.25) is 0 Å². The van der Waals surface area contributed by atoms with E-state index < -0.39 is 11.9 Å². The number of benzene rings is 1. The van der Waals surface area contributed by atoms with Gasteiger partial charge in [0.05, 0.1) is 6.20 Å². The predicted octanol–water partition coefficient (Wildman–Crippen LogP) is 3.96. The monoisotopic (exact) mass is 348 g/mol. The number of rotatable bonds is 3. The Morgan fingerprint density at radius 3 is 2.60 bits per heavy atom. The molecule has 4 nitrogen and oxygen atoms in total. The molecule has 0 bridgehead atoms. The third-order valence-corrected chi connectivity index (χ3v) is 3.94. The normalized spacial score (nSPS) is 14.0. The Morgan fingerprint density at radius 1 is 1.20 bits per heavy atom. The van der Waals surface area contributed by atoms with Gasteiger partial charge in [-0.15, -0.1) is 0 Å². The molecule has 0 atom stereocenters. The second kappa shape index (κ2) is 6.58. The lowest BCUT2D eigenvalue weighted by molar-refractivity contribution is -0.141. The minimum atomic E-state index is -4.48. The number of halogens is 3. The summed E-state index contributed by atoms with van der Waals surface area (Å²) in [6, 6.07) is 7.54. The molecule has 1 aliphatic rings. The largest absolute Gasteiger partial charge is 0.456 e. The molecular weight excluding hydrogens is 333 g/mol. The van der Waals surface area contributed by atoms with Crippen LogP contribution in [0.3, 0.4) is 0 Å². The highest BCUT2D eigenvalue weighted by Crippen LogP contribution is 2.30. The number of hydrogen-bond acceptors (Lipinski definition) is 3. The van der Waals surface area contributed by atoms with E-state index in [9.17, 15) is 18.0 Å². The number of fused-ring (bicyclic) bond motifs is 1. The van der Waals surface area contributed by atoms with Crippen molar-refractivity contribution in [1.82, 2.24) is 9.88 Å². The topological polar surface area (TPSA) is 42.4 Å². The van der Waals surface area contributed by atoms with Gasteiger partial charge in [0.1, 0.15) is 17.2 Å². The van der Waals surface area contributed by atoms with Gasteiger partial charge in [-0.3, -0.25) is 4.79 Å². The van der Waals surface area contributed by atoms with Crippen molar-refractivity contribution in [3.63, 3.8) is 0 Å². The molecule has 1 amide bonds. The summed E-state index contributed by atoms with van der Waals surface area (Å²) in [4.78, 5) is 16.8. The number of amides is 1. The number of alkyl halides is 3. The predicted molar refractivity (Wildman–Crippen MR) is 85.1 cm³/mol. The first kappa shape index (κ1) is 17.0. The van der Waals surface area contributed by atoms with Crippen molar-refractivity contribution in [3.8, 4) is 11.5 Å². The van der Waals surface area contributed by atoms with Gasteiger partial charge in [0.25, 0.3) is 0 Å². The molecule has 3 rings (SSSR count). The molecule has 2 aromatic rings. The molecular formula is C18H15F3N2O2. The zero-order chi connectivity index (χ0) is 18.0. The van der Waals surface area contributed by atoms with Gasteiger partial charge in [0.2, 0.25) is 5.91 Å². The molecule has 1 aliphatic heterocycles. The number of pyridine rings is 1. The van der Waals surface area contributed by atoms with Gasteiger partial charge in [0, 0.05) is 13.1 Å². The van der Waals surface area contributed by atoms with Crippen molar-refractivity contribution in [2.24, 2.45) is 0 Å². The van der Waals surface area contributed by atoms with Gasteiger partial charge < -0.3 is 9.64 Å². The van der Waals surface area contributed by atoms with E-state index in [4.69, 9.17) is 4.74 Å². The van der Waals surface area contributed by atoms with E-state index in [1.807, 2.05) is 6.07 Å². The summed E-state index contributed by atoms with van der Waals surface area (Å²) in [6.45, 7) is 4.56. The number of ether oxygens (including phenoxy) is 1. The van der Waals surface area contributed by atoms with Crippen LogP contribution in [-0.2, 0) is 23.9 Å². The Bertz CT molecular complexity index is 801. The molecule has 130 valence electrons. The Labute approximate surface area is 142 Å². The highest BCUT2D eigenvalue weighted by Gasteiger charge is 2.32. The number of hydrogen-bond donors (Lipinski definition) is 0. The zero-order valence-electron chi connectivity index (χ0n) is 13.2. The first-order valence-corrected chi connectivity index (χ1v) is 7.61. The summed E-state index contributed by atoms with van der Waals surface area (Å²) >= 11 is 0. The first-order chi connectivity index (χ1) is 11.9. The summed E-state index contributed by atoms with van der Waals surface area (Å²) in [6.07, 6.45) is -1.43. The van der Waals surface area contributed by atoms with Crippen molar-refractivity contribution >= 4 is 5.91 Å². The van der Waals surface area contributed by atoms with Crippen LogP contribution in [0, 0.1) is 0 Å². The van der Waals surface area contributed by atoms with Crippen LogP contribution in [0.15, 0.2) is 49.2 Å². The summed E-state index contributed by atoms with van der Waals surface area (Å²) in [5, 5.41) is 0. The molecule has 0 saturated heterocycles. The molecule has 0 radical (unpaired) electrons. The van der Waals surface area contributed by atoms with E-state index in [0.29, 0.717) is 18.8 Å². The average molecular weight is 348 g/mol. The first-order valence-electron chi connectivity index (χ1n) is 7.61. The zero-order valence-corrected chi connectivity index (χ0v) is 13.2. The van der Waals surface area contributed by atoms with Gasteiger partial charge in [-0.1, -0.05) is 12.6 Å². The van der Waals surface area contributed by atoms with Crippen LogP contribution in [0.25, 0.3) is 0 Å². The molecule has 0 saturated carbocycles. The van der Waals surface area contributed by atoms with Gasteiger partial charge in [-0.25, -0.2) is 4.98 Å². The number of nitrogens with zero attached hydrogens (tertiary/aromatic N) is 2. The molecule has 0 N–H and O–H groups in total. The minimum absolute atomic E-state index is 0.135. The Balaban J connectivity index is 1.76. The Hall–Kier alpha value is -2.83. The molecule has 0 unspecified atom stereocenters. The van der Waals surface area contributed by atoms with Gasteiger partial charge >= 0.3 is 6.18 Å². The average Bonchev–Trinajstić information content (AvgIpc) is 2.60. The summed E-state index contributed by atoms with van der Waals surface area (Å²) in [5.74, 6) is 0.555. The van der Waals surface area contributed by atoms with E-state index in [1.54, 1.807) is 17.0 Å². The van der Waals surface area contributed by atoms with E-state index in [1.165, 1.54) is 12.1 Å². The molecule has 25 heavy (non-hydrogen) atoms. The van der Waals surface area contributed by atoms with Crippen LogP contribution in [0.1, 0.15) is 16.8 Å². The Kier molecular flexibility index (Phi) is 4.48. The van der Waals surface area contributed by atoms with E-state index in [0.717, 1.165) is 29.8 Å². The van der Waals surface area contributed by atoms with E-state index in [2.05, 4.69) is 11.6 Å². The second-order valence-electron chi connectivity index (χ2n) is 5.62. The van der Waals surface area contributed by atoms with Crippen molar-refractivity contribution < 1.29 is 22.7 Å². The molecule has 7 heteroatoms. The molecule has 0 spiro atoms. The Morgan fingerprint density at radius 2 is 1.96 bits per heavy atom. The van der Waals surface area contributed by atoms with Gasteiger partial charge in [-0.05, 0) is 47.9 Å². The third kappa shape index (κ3) is 3.81. The number of aromatic nitrogens is 1. The maximum atomic E-state index is 12.5. The smallest absolute Gasteiger partial charge is 0.433 e. The van der Waals surface area contributed by atoms with Crippen LogP contribution >= 0.6 is 0 Å². The SMILES string of the molecule is C=CC(=O)N1CCc2ccc(Oc3ccc(C(F)(F)F)nc3)cc2C1. The fourth-order valence-electron chi connectivity index (χ4n) is 2.66. The fourth-order valence-corrected chi connectivity index (χ4v) is 2.66. The van der Waals surface area contributed by atoms with Gasteiger partial charge in [0.15, 0.2) is 0 Å². The highest BCUT2D eigenvalue weighted by molar-refractivity contribution is 5.87. The summed E-state index contributed by atoms with van der Waals surface area (Å²) in [5.41, 5.74) is 1.09. The maximum Gasteiger partial charge on any atom is 0.433 e. The van der Waals surface area contributed by atoms with Crippen LogP contribution < -0.4 is 4.74 Å². The van der Waals surface area contributed by atoms with Crippen molar-refractivity contribution in [3.05, 3.63) is 66.0 Å². The summed E-state index contributed by atoms with van der Waals surface area (Å²) in [7, 11) is 0. The number of carbonyl (C=O) groups is 1. The highest BCUT2D eigenvalue weighted by atomic mass is 19.4. The lowest BCUT2D eigenvalue weighted by atomic mass is 9.99. The van der Waals surface area contributed by atoms with Crippen molar-refractivity contribution in [1.29, 1.82) is 0 Å². The van der Waals surface area contributed by atoms with E-state index >= 15 is 0 Å². The third-order valence-electron chi connectivity index (χ3n) is 3.94. The molecule has 0 aliphatic carbocycles. The van der Waals surface area contributed by atoms with Crippen LogP contribution in [0.4, 0.5) is 13.2 Å². The lowest BCUT2D eigenvalue weighted by Gasteiger charge is -2.28. The number of carbonyl (C=O) groups excluding carboxylic acids is 1.